The van der Waals surface area contributed by atoms with Gasteiger partial charge >= 0.3 is 0 Å². The number of anilines is 1. The summed E-state index contributed by atoms with van der Waals surface area (Å²) in [6.45, 7) is 5.71. The van der Waals surface area contributed by atoms with Crippen molar-refractivity contribution in [2.75, 3.05) is 11.4 Å². The fourth-order valence-electron chi connectivity index (χ4n) is 4.48. The molecule has 4 nitrogen and oxygen atoms in total. The summed E-state index contributed by atoms with van der Waals surface area (Å²) >= 11 is 0. The van der Waals surface area contributed by atoms with Gasteiger partial charge in [-0.05, 0) is 43.2 Å². The Morgan fingerprint density at radius 1 is 1.12 bits per heavy atom. The van der Waals surface area contributed by atoms with E-state index in [0.29, 0.717) is 6.04 Å². The van der Waals surface area contributed by atoms with Crippen LogP contribution in [0.25, 0.3) is 11.4 Å². The maximum absolute atomic E-state index is 4.95. The van der Waals surface area contributed by atoms with Crippen LogP contribution in [0.1, 0.15) is 45.2 Å². The molecule has 24 heavy (non-hydrogen) atoms. The summed E-state index contributed by atoms with van der Waals surface area (Å²) < 4.78 is 0. The van der Waals surface area contributed by atoms with Gasteiger partial charge in [0.15, 0.2) is 5.82 Å². The quantitative estimate of drug-likeness (QED) is 0.852. The van der Waals surface area contributed by atoms with Gasteiger partial charge in [0.1, 0.15) is 5.82 Å². The molecule has 0 aromatic carbocycles. The number of rotatable bonds is 3. The Hall–Kier alpha value is -1.97. The fourth-order valence-corrected chi connectivity index (χ4v) is 4.48. The van der Waals surface area contributed by atoms with Gasteiger partial charge in [-0.15, -0.1) is 0 Å². The van der Waals surface area contributed by atoms with E-state index in [1.165, 1.54) is 25.7 Å². The molecular weight excluding hydrogens is 296 g/mol. The third kappa shape index (κ3) is 2.79. The number of fused-ring (bicyclic) bond motifs is 1. The fraction of sp³-hybridized carbons (Fsp3) is 0.550. The molecule has 3 atom stereocenters. The maximum atomic E-state index is 4.95. The van der Waals surface area contributed by atoms with Gasteiger partial charge in [0.05, 0.1) is 0 Å². The molecule has 1 saturated carbocycles. The minimum Gasteiger partial charge on any atom is -0.353 e. The molecular formula is C20H26N4. The Morgan fingerprint density at radius 2 is 1.92 bits per heavy atom. The first-order chi connectivity index (χ1) is 11.8. The molecule has 1 aliphatic carbocycles. The molecule has 2 aromatic rings. The van der Waals surface area contributed by atoms with E-state index in [2.05, 4.69) is 29.8 Å². The summed E-state index contributed by atoms with van der Waals surface area (Å²) in [5.74, 6) is 3.55. The lowest BCUT2D eigenvalue weighted by atomic mass is 9.80. The molecule has 2 fully saturated rings. The van der Waals surface area contributed by atoms with Gasteiger partial charge in [0, 0.05) is 42.3 Å². The zero-order valence-electron chi connectivity index (χ0n) is 14.7. The van der Waals surface area contributed by atoms with Crippen molar-refractivity contribution in [3.05, 3.63) is 36.3 Å². The summed E-state index contributed by atoms with van der Waals surface area (Å²) in [6, 6.07) is 6.86. The Morgan fingerprint density at radius 3 is 2.71 bits per heavy atom. The third-order valence-electron chi connectivity index (χ3n) is 5.76. The van der Waals surface area contributed by atoms with Gasteiger partial charge in [-0.3, -0.25) is 4.98 Å². The Labute approximate surface area is 144 Å². The van der Waals surface area contributed by atoms with Gasteiger partial charge in [-0.1, -0.05) is 26.7 Å². The Kier molecular flexibility index (Phi) is 4.21. The van der Waals surface area contributed by atoms with Crippen molar-refractivity contribution in [3.63, 3.8) is 0 Å². The number of hydrogen-bond donors (Lipinski definition) is 0. The first-order valence-corrected chi connectivity index (χ1v) is 9.31. The highest BCUT2D eigenvalue weighted by molar-refractivity contribution is 5.58. The molecule has 1 aliphatic heterocycles. The molecule has 3 unspecified atom stereocenters. The van der Waals surface area contributed by atoms with Crippen LogP contribution in [0.3, 0.4) is 0 Å². The molecule has 0 radical (unpaired) electrons. The van der Waals surface area contributed by atoms with Gasteiger partial charge in [0.25, 0.3) is 0 Å². The first kappa shape index (κ1) is 15.6. The average Bonchev–Trinajstić information content (AvgIpc) is 2.99. The van der Waals surface area contributed by atoms with Gasteiger partial charge < -0.3 is 4.90 Å². The van der Waals surface area contributed by atoms with E-state index in [4.69, 9.17) is 9.97 Å². The van der Waals surface area contributed by atoms with E-state index in [0.717, 1.165) is 47.7 Å². The zero-order valence-corrected chi connectivity index (χ0v) is 14.7. The van der Waals surface area contributed by atoms with Crippen molar-refractivity contribution >= 4 is 5.82 Å². The van der Waals surface area contributed by atoms with Crippen LogP contribution in [0.5, 0.6) is 0 Å². The van der Waals surface area contributed by atoms with E-state index < -0.39 is 0 Å². The van der Waals surface area contributed by atoms with Gasteiger partial charge in [-0.2, -0.15) is 0 Å². The van der Waals surface area contributed by atoms with Gasteiger partial charge in [0.2, 0.25) is 0 Å². The van der Waals surface area contributed by atoms with E-state index in [1.54, 1.807) is 0 Å². The number of nitrogens with zero attached hydrogens (tertiary/aromatic N) is 4. The molecule has 4 rings (SSSR count). The lowest BCUT2D eigenvalue weighted by molar-refractivity contribution is 0.293. The van der Waals surface area contributed by atoms with E-state index in [9.17, 15) is 0 Å². The zero-order chi connectivity index (χ0) is 16.5. The van der Waals surface area contributed by atoms with Crippen LogP contribution in [0.2, 0.25) is 0 Å². The summed E-state index contributed by atoms with van der Waals surface area (Å²) in [7, 11) is 0. The molecule has 4 heteroatoms. The van der Waals surface area contributed by atoms with Crippen LogP contribution in [0.15, 0.2) is 30.6 Å². The summed E-state index contributed by atoms with van der Waals surface area (Å²) in [6.07, 6.45) is 10.00. The second-order valence-corrected chi connectivity index (χ2v) is 7.28. The van der Waals surface area contributed by atoms with Crippen molar-refractivity contribution in [2.45, 2.75) is 52.0 Å². The third-order valence-corrected chi connectivity index (χ3v) is 5.76. The summed E-state index contributed by atoms with van der Waals surface area (Å²) in [5.41, 5.74) is 2.17. The SMILES string of the molecule is CCc1cc(N2CC(C)C3CCCCC32)nc(-c2ccncc2)n1. The van der Waals surface area contributed by atoms with Crippen LogP contribution < -0.4 is 4.90 Å². The van der Waals surface area contributed by atoms with Crippen molar-refractivity contribution in [3.8, 4) is 11.4 Å². The highest BCUT2D eigenvalue weighted by Gasteiger charge is 2.41. The molecule has 0 amide bonds. The minimum atomic E-state index is 0.665. The molecule has 0 N–H and O–H groups in total. The van der Waals surface area contributed by atoms with Crippen LogP contribution in [-0.4, -0.2) is 27.5 Å². The predicted molar refractivity (Wildman–Crippen MR) is 96.9 cm³/mol. The highest BCUT2D eigenvalue weighted by Crippen LogP contribution is 2.41. The van der Waals surface area contributed by atoms with Crippen molar-refractivity contribution in [1.29, 1.82) is 0 Å². The van der Waals surface area contributed by atoms with Gasteiger partial charge in [-0.25, -0.2) is 9.97 Å². The number of aryl methyl sites for hydroxylation is 1. The minimum absolute atomic E-state index is 0.665. The van der Waals surface area contributed by atoms with Crippen LogP contribution >= 0.6 is 0 Å². The standard InChI is InChI=1S/C20H26N4/c1-3-16-12-19(23-20(22-16)15-8-10-21-11-9-15)24-13-14(2)17-6-4-5-7-18(17)24/h8-12,14,17-18H,3-7,13H2,1-2H3. The average molecular weight is 322 g/mol. The topological polar surface area (TPSA) is 41.9 Å². The predicted octanol–water partition coefficient (Wildman–Crippen LogP) is 4.12. The molecule has 2 aromatic heterocycles. The normalized spacial score (nSPS) is 26.4. The van der Waals surface area contributed by atoms with Crippen LogP contribution in [0.4, 0.5) is 5.82 Å². The first-order valence-electron chi connectivity index (χ1n) is 9.31. The van der Waals surface area contributed by atoms with Crippen molar-refractivity contribution in [1.82, 2.24) is 15.0 Å². The number of aromatic nitrogens is 3. The molecule has 126 valence electrons. The van der Waals surface area contributed by atoms with Crippen LogP contribution in [0, 0.1) is 11.8 Å². The lowest BCUT2D eigenvalue weighted by Gasteiger charge is -2.33. The molecule has 3 heterocycles. The second kappa shape index (κ2) is 6.50. The second-order valence-electron chi connectivity index (χ2n) is 7.28. The van der Waals surface area contributed by atoms with E-state index in [-0.39, 0.29) is 0 Å². The Bertz CT molecular complexity index is 700. The van der Waals surface area contributed by atoms with E-state index >= 15 is 0 Å². The molecule has 2 aliphatic rings. The van der Waals surface area contributed by atoms with Crippen molar-refractivity contribution < 1.29 is 0 Å². The van der Waals surface area contributed by atoms with Crippen molar-refractivity contribution in [2.24, 2.45) is 11.8 Å². The molecule has 0 spiro atoms. The number of pyridine rings is 1. The molecule has 1 saturated heterocycles. The largest absolute Gasteiger partial charge is 0.353 e. The Balaban J connectivity index is 1.72. The molecule has 0 bridgehead atoms. The maximum Gasteiger partial charge on any atom is 0.161 e. The lowest BCUT2D eigenvalue weighted by Crippen LogP contribution is -2.35. The van der Waals surface area contributed by atoms with Crippen LogP contribution in [-0.2, 0) is 6.42 Å². The highest BCUT2D eigenvalue weighted by atomic mass is 15.3. The number of hydrogen-bond acceptors (Lipinski definition) is 4. The monoisotopic (exact) mass is 322 g/mol. The summed E-state index contributed by atoms with van der Waals surface area (Å²) in [5, 5.41) is 0. The summed E-state index contributed by atoms with van der Waals surface area (Å²) in [4.78, 5) is 16.4. The smallest absolute Gasteiger partial charge is 0.161 e. The van der Waals surface area contributed by atoms with E-state index in [1.807, 2.05) is 24.5 Å².